The Bertz CT molecular complexity index is 926. The van der Waals surface area contributed by atoms with E-state index >= 15 is 0 Å². The van der Waals surface area contributed by atoms with Crippen LogP contribution < -0.4 is 21.5 Å². The Morgan fingerprint density at radius 1 is 0.913 bits per heavy atom. The molecule has 0 bridgehead atoms. The molecular weight excluding hydrogens is 362 g/mol. The van der Waals surface area contributed by atoms with Gasteiger partial charge in [-0.2, -0.15) is 4.57 Å². The number of phenols is 3. The average Bonchev–Trinajstić information content (AvgIpc) is 2.48. The molecule has 118 valence electrons. The van der Waals surface area contributed by atoms with Crippen LogP contribution in [0.2, 0.25) is 0 Å². The van der Waals surface area contributed by atoms with Crippen molar-refractivity contribution in [2.24, 2.45) is 0 Å². The summed E-state index contributed by atoms with van der Waals surface area (Å²) in [6.45, 7) is 0.345. The molecule has 2 heterocycles. The zero-order chi connectivity index (χ0) is 15.4. The van der Waals surface area contributed by atoms with E-state index in [-0.39, 0.29) is 34.2 Å². The Balaban J connectivity index is 0.00000156. The third-order valence-corrected chi connectivity index (χ3v) is 4.12. The van der Waals surface area contributed by atoms with Crippen LogP contribution in [0.3, 0.4) is 0 Å². The highest BCUT2D eigenvalue weighted by molar-refractivity contribution is 5.85. The summed E-state index contributed by atoms with van der Waals surface area (Å²) >= 11 is 0. The van der Waals surface area contributed by atoms with Gasteiger partial charge in [-0.25, -0.2) is 0 Å². The number of aliphatic hydroxyl groups is 1. The maximum absolute atomic E-state index is 10.3. The van der Waals surface area contributed by atoms with E-state index in [1.165, 1.54) is 12.1 Å². The monoisotopic (exact) mass is 375 g/mol. The van der Waals surface area contributed by atoms with E-state index in [9.17, 15) is 20.4 Å². The second kappa shape index (κ2) is 5.40. The molecule has 0 saturated heterocycles. The van der Waals surface area contributed by atoms with Gasteiger partial charge in [0.05, 0.1) is 5.56 Å². The van der Waals surface area contributed by atoms with Crippen molar-refractivity contribution in [1.29, 1.82) is 0 Å². The number of pyridine rings is 1. The topological polar surface area (TPSA) is 84.8 Å². The molecule has 4 rings (SSSR count). The average molecular weight is 376 g/mol. The maximum atomic E-state index is 10.3. The summed E-state index contributed by atoms with van der Waals surface area (Å²) in [6.07, 6.45) is 1.09. The fourth-order valence-electron chi connectivity index (χ4n) is 3.03. The number of aliphatic hydroxyl groups excluding tert-OH is 1. The minimum atomic E-state index is -0.770. The predicted octanol–water partition coefficient (Wildman–Crippen LogP) is -1.04. The molecule has 0 aliphatic carbocycles. The normalized spacial score (nSPS) is 15.6. The molecule has 5 nitrogen and oxygen atoms in total. The SMILES string of the molecule is Oc1ccc2cc3[n+](cc2c1)CC(O)c1cc(O)c(O)cc1-3.[Br-]. The van der Waals surface area contributed by atoms with Gasteiger partial charge in [-0.15, -0.1) is 0 Å². The number of nitrogens with zero attached hydrogens (tertiary/aromatic N) is 1. The van der Waals surface area contributed by atoms with Crippen LogP contribution in [0.1, 0.15) is 11.7 Å². The molecule has 1 atom stereocenters. The smallest absolute Gasteiger partial charge is 0.213 e. The lowest BCUT2D eigenvalue weighted by molar-refractivity contribution is -0.695. The molecular formula is C17H14BrNO4. The number of aromatic nitrogens is 1. The Morgan fingerprint density at radius 2 is 1.65 bits per heavy atom. The first-order valence-electron chi connectivity index (χ1n) is 6.93. The van der Waals surface area contributed by atoms with Gasteiger partial charge in [-0.3, -0.25) is 0 Å². The van der Waals surface area contributed by atoms with Crippen LogP contribution in [0.15, 0.2) is 42.6 Å². The highest BCUT2D eigenvalue weighted by atomic mass is 79.9. The zero-order valence-corrected chi connectivity index (χ0v) is 13.5. The third-order valence-electron chi connectivity index (χ3n) is 4.12. The second-order valence-electron chi connectivity index (χ2n) is 5.57. The standard InChI is InChI=1S/C17H13NO4.BrH/c19-11-2-1-9-4-14-12-5-15(20)16(21)6-13(12)17(22)8-18(14)7-10(9)3-11;/h1-7,17,19-20,22H,8H2;1H. The minimum Gasteiger partial charge on any atom is -1.00 e. The number of aromatic hydroxyl groups is 3. The highest BCUT2D eigenvalue weighted by Crippen LogP contribution is 2.39. The lowest BCUT2D eigenvalue weighted by Crippen LogP contribution is -3.00. The summed E-state index contributed by atoms with van der Waals surface area (Å²) in [5.74, 6) is -0.269. The number of benzene rings is 2. The van der Waals surface area contributed by atoms with E-state index in [0.717, 1.165) is 16.5 Å². The summed E-state index contributed by atoms with van der Waals surface area (Å²) < 4.78 is 1.88. The summed E-state index contributed by atoms with van der Waals surface area (Å²) in [5.41, 5.74) is 2.12. The molecule has 1 aromatic heterocycles. The first-order chi connectivity index (χ1) is 10.5. The van der Waals surface area contributed by atoms with Crippen LogP contribution in [0, 0.1) is 0 Å². The Hall–Kier alpha value is -2.31. The van der Waals surface area contributed by atoms with E-state index in [4.69, 9.17) is 0 Å². The summed E-state index contributed by atoms with van der Waals surface area (Å²) in [7, 11) is 0. The molecule has 23 heavy (non-hydrogen) atoms. The molecule has 0 amide bonds. The summed E-state index contributed by atoms with van der Waals surface area (Å²) in [6, 6.07) is 9.91. The number of halogens is 1. The molecule has 1 aliphatic rings. The van der Waals surface area contributed by atoms with Gasteiger partial charge in [0.2, 0.25) is 5.69 Å². The van der Waals surface area contributed by atoms with E-state index in [1.807, 2.05) is 22.9 Å². The Kier molecular flexibility index (Phi) is 3.66. The van der Waals surface area contributed by atoms with E-state index in [2.05, 4.69) is 0 Å². The zero-order valence-electron chi connectivity index (χ0n) is 11.9. The summed E-state index contributed by atoms with van der Waals surface area (Å²) in [4.78, 5) is 0. The van der Waals surface area contributed by atoms with Crippen LogP contribution in [0.5, 0.6) is 17.2 Å². The van der Waals surface area contributed by atoms with Gasteiger partial charge in [0.1, 0.15) is 11.9 Å². The molecule has 0 spiro atoms. The molecule has 3 aromatic rings. The molecule has 2 aromatic carbocycles. The van der Waals surface area contributed by atoms with Gasteiger partial charge in [0, 0.05) is 17.0 Å². The van der Waals surface area contributed by atoms with Gasteiger partial charge in [-0.05, 0) is 29.7 Å². The van der Waals surface area contributed by atoms with Crippen LogP contribution >= 0.6 is 0 Å². The van der Waals surface area contributed by atoms with Crippen molar-refractivity contribution in [2.45, 2.75) is 12.6 Å². The van der Waals surface area contributed by atoms with E-state index in [1.54, 1.807) is 12.1 Å². The van der Waals surface area contributed by atoms with Gasteiger partial charge in [0.25, 0.3) is 0 Å². The quantitative estimate of drug-likeness (QED) is 0.299. The van der Waals surface area contributed by atoms with Crippen molar-refractivity contribution in [2.75, 3.05) is 0 Å². The van der Waals surface area contributed by atoms with Crippen molar-refractivity contribution >= 4 is 10.8 Å². The third kappa shape index (κ3) is 2.40. The molecule has 0 saturated carbocycles. The molecule has 0 fully saturated rings. The highest BCUT2D eigenvalue weighted by Gasteiger charge is 2.31. The van der Waals surface area contributed by atoms with Crippen LogP contribution in [0.4, 0.5) is 0 Å². The largest absolute Gasteiger partial charge is 1.00 e. The first-order valence-corrected chi connectivity index (χ1v) is 6.93. The lowest BCUT2D eigenvalue weighted by atomic mass is 9.93. The van der Waals surface area contributed by atoms with Crippen molar-refractivity contribution in [3.05, 3.63) is 48.2 Å². The van der Waals surface area contributed by atoms with Crippen molar-refractivity contribution < 1.29 is 42.0 Å². The first kappa shape index (κ1) is 15.6. The number of phenolic OH excluding ortho intramolecular Hbond substituents is 3. The fraction of sp³-hybridized carbons (Fsp3) is 0.118. The number of hydrogen-bond donors (Lipinski definition) is 4. The fourth-order valence-corrected chi connectivity index (χ4v) is 3.03. The number of hydrogen-bond acceptors (Lipinski definition) is 4. The number of fused-ring (bicyclic) bond motifs is 4. The molecule has 0 radical (unpaired) electrons. The number of rotatable bonds is 0. The molecule has 4 N–H and O–H groups in total. The Morgan fingerprint density at radius 3 is 2.43 bits per heavy atom. The Labute approximate surface area is 142 Å². The summed E-state index contributed by atoms with van der Waals surface area (Å²) in [5, 5.41) is 41.1. The van der Waals surface area contributed by atoms with Crippen LogP contribution in [-0.4, -0.2) is 20.4 Å². The van der Waals surface area contributed by atoms with Crippen molar-refractivity contribution in [3.8, 4) is 28.5 Å². The van der Waals surface area contributed by atoms with E-state index in [0.29, 0.717) is 17.7 Å². The van der Waals surface area contributed by atoms with E-state index < -0.39 is 6.10 Å². The second-order valence-corrected chi connectivity index (χ2v) is 5.57. The predicted molar refractivity (Wildman–Crippen MR) is 79.5 cm³/mol. The van der Waals surface area contributed by atoms with Crippen LogP contribution in [0.25, 0.3) is 22.0 Å². The van der Waals surface area contributed by atoms with Crippen molar-refractivity contribution in [1.82, 2.24) is 0 Å². The van der Waals surface area contributed by atoms with Gasteiger partial charge >= 0.3 is 0 Å². The molecule has 1 unspecified atom stereocenters. The van der Waals surface area contributed by atoms with Gasteiger partial charge in [0.15, 0.2) is 24.2 Å². The van der Waals surface area contributed by atoms with Gasteiger partial charge < -0.3 is 37.4 Å². The van der Waals surface area contributed by atoms with Gasteiger partial charge in [-0.1, -0.05) is 6.07 Å². The lowest BCUT2D eigenvalue weighted by Gasteiger charge is -2.20. The molecule has 6 heteroatoms. The maximum Gasteiger partial charge on any atom is 0.213 e. The van der Waals surface area contributed by atoms with Crippen LogP contribution in [-0.2, 0) is 6.54 Å². The molecule has 1 aliphatic heterocycles. The van der Waals surface area contributed by atoms with Crippen molar-refractivity contribution in [3.63, 3.8) is 0 Å². The minimum absolute atomic E-state index is 0.